The topological polar surface area (TPSA) is 77.5 Å². The molecule has 2 aromatic carbocycles. The van der Waals surface area contributed by atoms with Crippen molar-refractivity contribution in [2.75, 3.05) is 0 Å². The lowest BCUT2D eigenvalue weighted by Gasteiger charge is -2.03. The largest absolute Gasteiger partial charge is 0.508 e. The molecule has 0 atom stereocenters. The zero-order valence-corrected chi connectivity index (χ0v) is 10.8. The Balaban J connectivity index is 2.18. The molecule has 0 fully saturated rings. The van der Waals surface area contributed by atoms with E-state index in [1.165, 1.54) is 12.1 Å². The molecule has 1 aromatic heterocycles. The Morgan fingerprint density at radius 3 is 2.45 bits per heavy atom. The number of benzene rings is 2. The second kappa shape index (κ2) is 4.42. The second-order valence-electron chi connectivity index (χ2n) is 4.70. The minimum atomic E-state index is -0.309. The first-order valence-corrected chi connectivity index (χ1v) is 6.16. The van der Waals surface area contributed by atoms with E-state index < -0.39 is 0 Å². The number of phenols is 1. The minimum Gasteiger partial charge on any atom is -0.508 e. The van der Waals surface area contributed by atoms with E-state index in [0.717, 1.165) is 5.56 Å². The third-order valence-corrected chi connectivity index (χ3v) is 3.24. The van der Waals surface area contributed by atoms with Crippen LogP contribution >= 0.6 is 0 Å². The molecule has 0 bridgehead atoms. The third kappa shape index (κ3) is 1.91. The zero-order valence-electron chi connectivity index (χ0n) is 10.8. The van der Waals surface area contributed by atoms with E-state index in [1.54, 1.807) is 6.07 Å². The Morgan fingerprint density at radius 1 is 1.05 bits per heavy atom. The van der Waals surface area contributed by atoms with Crippen LogP contribution in [-0.2, 0) is 0 Å². The molecule has 0 spiro atoms. The maximum atomic E-state index is 9.92. The van der Waals surface area contributed by atoms with Gasteiger partial charge in [0.2, 0.25) is 0 Å². The first-order chi connectivity index (χ1) is 9.56. The summed E-state index contributed by atoms with van der Waals surface area (Å²) in [4.78, 5) is 0. The van der Waals surface area contributed by atoms with Crippen molar-refractivity contribution >= 4 is 16.7 Å². The fourth-order valence-corrected chi connectivity index (χ4v) is 2.18. The fraction of sp³-hybridized carbons (Fsp3) is 0.0625. The average molecular weight is 267 g/mol. The molecule has 0 amide bonds. The van der Waals surface area contributed by atoms with Crippen molar-refractivity contribution in [3.8, 4) is 11.7 Å². The van der Waals surface area contributed by atoms with Gasteiger partial charge in [-0.1, -0.05) is 29.8 Å². The zero-order chi connectivity index (χ0) is 14.3. The van der Waals surface area contributed by atoms with Gasteiger partial charge in [0.1, 0.15) is 11.3 Å². The first-order valence-electron chi connectivity index (χ1n) is 6.16. The number of furan rings is 1. The SMILES string of the molecule is Cc1ccc(C(=N)c2c(O)oc3ccc(O)cc23)cc1. The number of aromatic hydroxyl groups is 2. The van der Waals surface area contributed by atoms with Crippen LogP contribution in [-0.4, -0.2) is 15.9 Å². The fourth-order valence-electron chi connectivity index (χ4n) is 2.18. The quantitative estimate of drug-likeness (QED) is 0.621. The molecule has 4 heteroatoms. The van der Waals surface area contributed by atoms with Gasteiger partial charge < -0.3 is 14.6 Å². The molecule has 1 heterocycles. The van der Waals surface area contributed by atoms with Crippen molar-refractivity contribution in [3.05, 3.63) is 59.2 Å². The molecule has 0 aliphatic heterocycles. The number of phenolic OH excluding ortho intramolecular Hbond substituents is 1. The van der Waals surface area contributed by atoms with Crippen molar-refractivity contribution in [1.82, 2.24) is 0 Å². The van der Waals surface area contributed by atoms with Crippen LogP contribution in [0.15, 0.2) is 46.9 Å². The van der Waals surface area contributed by atoms with Crippen molar-refractivity contribution in [2.24, 2.45) is 0 Å². The predicted octanol–water partition coefficient (Wildman–Crippen LogP) is 3.57. The van der Waals surface area contributed by atoms with Crippen LogP contribution in [0, 0.1) is 12.3 Å². The number of hydrogen-bond acceptors (Lipinski definition) is 4. The highest BCUT2D eigenvalue weighted by Crippen LogP contribution is 2.34. The number of nitrogens with one attached hydrogen (secondary N) is 1. The van der Waals surface area contributed by atoms with Gasteiger partial charge in [-0.3, -0.25) is 5.41 Å². The van der Waals surface area contributed by atoms with Gasteiger partial charge in [0, 0.05) is 10.9 Å². The summed E-state index contributed by atoms with van der Waals surface area (Å²) in [6.45, 7) is 1.97. The summed E-state index contributed by atoms with van der Waals surface area (Å²) in [5.74, 6) is -0.243. The summed E-state index contributed by atoms with van der Waals surface area (Å²) in [6.07, 6.45) is 0. The van der Waals surface area contributed by atoms with Gasteiger partial charge >= 0.3 is 0 Å². The first kappa shape index (κ1) is 12.3. The van der Waals surface area contributed by atoms with Gasteiger partial charge in [-0.15, -0.1) is 0 Å². The van der Waals surface area contributed by atoms with Crippen LogP contribution in [0.1, 0.15) is 16.7 Å². The molecule has 0 saturated carbocycles. The summed E-state index contributed by atoms with van der Waals surface area (Å²) in [5, 5.41) is 28.3. The Hall–Kier alpha value is -2.75. The summed E-state index contributed by atoms with van der Waals surface area (Å²) in [6, 6.07) is 12.0. The monoisotopic (exact) mass is 267 g/mol. The van der Waals surface area contributed by atoms with Crippen LogP contribution in [0.25, 0.3) is 11.0 Å². The van der Waals surface area contributed by atoms with E-state index in [1.807, 2.05) is 31.2 Å². The van der Waals surface area contributed by atoms with E-state index in [4.69, 9.17) is 9.83 Å². The summed E-state index contributed by atoms with van der Waals surface area (Å²) in [5.41, 5.74) is 2.66. The Kier molecular flexibility index (Phi) is 2.71. The summed E-state index contributed by atoms with van der Waals surface area (Å²) in [7, 11) is 0. The van der Waals surface area contributed by atoms with Crippen molar-refractivity contribution < 1.29 is 14.6 Å². The summed E-state index contributed by atoms with van der Waals surface area (Å²) >= 11 is 0. The maximum Gasteiger partial charge on any atom is 0.292 e. The smallest absolute Gasteiger partial charge is 0.292 e. The average Bonchev–Trinajstić information content (AvgIpc) is 2.74. The number of hydrogen-bond donors (Lipinski definition) is 3. The molecule has 0 saturated heterocycles. The lowest BCUT2D eigenvalue weighted by atomic mass is 10.0. The van der Waals surface area contributed by atoms with E-state index >= 15 is 0 Å². The normalized spacial score (nSPS) is 10.8. The Bertz CT molecular complexity index is 800. The van der Waals surface area contributed by atoms with Crippen LogP contribution in [0.2, 0.25) is 0 Å². The number of rotatable bonds is 2. The van der Waals surface area contributed by atoms with Gasteiger partial charge in [0.25, 0.3) is 5.95 Å². The van der Waals surface area contributed by atoms with Crippen molar-refractivity contribution in [2.45, 2.75) is 6.92 Å². The maximum absolute atomic E-state index is 9.92. The molecule has 0 aliphatic rings. The molecular weight excluding hydrogens is 254 g/mol. The van der Waals surface area contributed by atoms with E-state index in [2.05, 4.69) is 0 Å². The molecule has 0 radical (unpaired) electrons. The third-order valence-electron chi connectivity index (χ3n) is 3.24. The van der Waals surface area contributed by atoms with Gasteiger partial charge in [0.15, 0.2) is 0 Å². The highest BCUT2D eigenvalue weighted by molar-refractivity contribution is 6.19. The second-order valence-corrected chi connectivity index (χ2v) is 4.70. The molecule has 0 unspecified atom stereocenters. The molecule has 3 rings (SSSR count). The Morgan fingerprint density at radius 2 is 1.75 bits per heavy atom. The Labute approximate surface area is 115 Å². The molecule has 20 heavy (non-hydrogen) atoms. The molecular formula is C16H13NO3. The van der Waals surface area contributed by atoms with Gasteiger partial charge in [0.05, 0.1) is 11.3 Å². The molecule has 3 aromatic rings. The van der Waals surface area contributed by atoms with Crippen molar-refractivity contribution in [1.29, 1.82) is 5.41 Å². The van der Waals surface area contributed by atoms with E-state index in [9.17, 15) is 10.2 Å². The number of aryl methyl sites for hydroxylation is 1. The minimum absolute atomic E-state index is 0.0660. The molecule has 4 nitrogen and oxygen atoms in total. The molecule has 0 aliphatic carbocycles. The van der Waals surface area contributed by atoms with Gasteiger partial charge in [-0.25, -0.2) is 0 Å². The standard InChI is InChI=1S/C16H13NO3/c1-9-2-4-10(5-3-9)15(17)14-12-8-11(18)6-7-13(12)20-16(14)19/h2-8,17-19H,1H3. The lowest BCUT2D eigenvalue weighted by Crippen LogP contribution is -2.00. The highest BCUT2D eigenvalue weighted by Gasteiger charge is 2.19. The highest BCUT2D eigenvalue weighted by atomic mass is 16.5. The molecule has 3 N–H and O–H groups in total. The van der Waals surface area contributed by atoms with E-state index in [-0.39, 0.29) is 17.4 Å². The predicted molar refractivity (Wildman–Crippen MR) is 76.7 cm³/mol. The van der Waals surface area contributed by atoms with Gasteiger partial charge in [-0.05, 0) is 25.1 Å². The van der Waals surface area contributed by atoms with Crippen LogP contribution in [0.4, 0.5) is 0 Å². The van der Waals surface area contributed by atoms with Crippen LogP contribution in [0.5, 0.6) is 11.7 Å². The number of fused-ring (bicyclic) bond motifs is 1. The summed E-state index contributed by atoms with van der Waals surface area (Å²) < 4.78 is 5.22. The van der Waals surface area contributed by atoms with E-state index in [0.29, 0.717) is 22.1 Å². The lowest BCUT2D eigenvalue weighted by molar-refractivity contribution is 0.345. The molecule has 100 valence electrons. The van der Waals surface area contributed by atoms with Crippen LogP contribution in [0.3, 0.4) is 0 Å². The van der Waals surface area contributed by atoms with Crippen molar-refractivity contribution in [3.63, 3.8) is 0 Å². The van der Waals surface area contributed by atoms with Gasteiger partial charge in [-0.2, -0.15) is 0 Å². The van der Waals surface area contributed by atoms with Crippen LogP contribution < -0.4 is 0 Å².